The van der Waals surface area contributed by atoms with Crippen LogP contribution in [0.15, 0.2) is 42.5 Å². The minimum absolute atomic E-state index is 0.0139. The SMILES string of the molecule is CCCCCCCCCCCCCCCCc1ccc(C(=O)O)cc1CCCOC(=O)CCC/C=C\CC1[C@H](Cl)C[C@@H](O)[C@@H]1/C=C/C[C@H](O)C1(CC)CCC1. The first-order chi connectivity index (χ1) is 26.7. The van der Waals surface area contributed by atoms with E-state index in [1.54, 1.807) is 12.1 Å². The molecule has 0 amide bonds. The van der Waals surface area contributed by atoms with Gasteiger partial charge in [0.1, 0.15) is 0 Å². The zero-order chi connectivity index (χ0) is 39.7. The number of aromatic carboxylic acids is 1. The van der Waals surface area contributed by atoms with Gasteiger partial charge >= 0.3 is 11.9 Å². The van der Waals surface area contributed by atoms with Crippen molar-refractivity contribution in [1.29, 1.82) is 0 Å². The Hall–Kier alpha value is -2.15. The number of carboxylic acid groups (broad SMARTS) is 1. The van der Waals surface area contributed by atoms with Crippen molar-refractivity contribution in [2.45, 2.75) is 205 Å². The number of carbonyl (C=O) groups excluding carboxylic acids is 1. The third-order valence-corrected chi connectivity index (χ3v) is 13.3. The molecule has 0 bridgehead atoms. The molecular formula is C48H77ClO6. The van der Waals surface area contributed by atoms with Crippen LogP contribution < -0.4 is 0 Å². The Bertz CT molecular complexity index is 1270. The first-order valence-electron chi connectivity index (χ1n) is 22.5. The number of rotatable bonds is 31. The molecule has 0 radical (unpaired) electrons. The van der Waals surface area contributed by atoms with Gasteiger partial charge in [-0.2, -0.15) is 0 Å². The molecular weight excluding hydrogens is 708 g/mol. The molecule has 2 saturated carbocycles. The quantitative estimate of drug-likeness (QED) is 0.0300. The molecule has 0 heterocycles. The summed E-state index contributed by atoms with van der Waals surface area (Å²) in [5, 5.41) is 30.9. The van der Waals surface area contributed by atoms with E-state index in [1.165, 1.54) is 95.5 Å². The van der Waals surface area contributed by atoms with Crippen molar-refractivity contribution in [3.8, 4) is 0 Å². The van der Waals surface area contributed by atoms with Crippen LogP contribution in [0.2, 0.25) is 0 Å². The van der Waals surface area contributed by atoms with Crippen molar-refractivity contribution in [3.05, 3.63) is 59.2 Å². The molecule has 0 saturated heterocycles. The maximum Gasteiger partial charge on any atom is 0.335 e. The minimum atomic E-state index is -0.912. The van der Waals surface area contributed by atoms with Gasteiger partial charge in [-0.3, -0.25) is 4.79 Å². The van der Waals surface area contributed by atoms with Gasteiger partial charge < -0.3 is 20.1 Å². The van der Waals surface area contributed by atoms with Crippen LogP contribution in [0.1, 0.15) is 196 Å². The highest BCUT2D eigenvalue weighted by molar-refractivity contribution is 6.21. The number of esters is 1. The molecule has 3 rings (SSSR count). The summed E-state index contributed by atoms with van der Waals surface area (Å²) in [6.45, 7) is 4.77. The summed E-state index contributed by atoms with van der Waals surface area (Å²) in [6.07, 6.45) is 36.7. The number of allylic oxidation sites excluding steroid dienone is 2. The number of halogens is 1. The van der Waals surface area contributed by atoms with Gasteiger partial charge in [0.05, 0.1) is 24.4 Å². The Morgan fingerprint density at radius 3 is 2.09 bits per heavy atom. The summed E-state index contributed by atoms with van der Waals surface area (Å²) in [7, 11) is 0. The Balaban J connectivity index is 1.27. The molecule has 2 aliphatic rings. The number of alkyl halides is 1. The summed E-state index contributed by atoms with van der Waals surface area (Å²) in [5.74, 6) is -0.981. The molecule has 6 nitrogen and oxygen atoms in total. The molecule has 1 aromatic carbocycles. The number of ether oxygens (including phenoxy) is 1. The van der Waals surface area contributed by atoms with Crippen LogP contribution in [0.4, 0.5) is 0 Å². The molecule has 0 aromatic heterocycles. The van der Waals surface area contributed by atoms with E-state index in [2.05, 4.69) is 38.2 Å². The molecule has 55 heavy (non-hydrogen) atoms. The number of unbranched alkanes of at least 4 members (excludes halogenated alkanes) is 14. The van der Waals surface area contributed by atoms with Gasteiger partial charge in [-0.05, 0) is 112 Å². The van der Waals surface area contributed by atoms with E-state index in [9.17, 15) is 24.9 Å². The van der Waals surface area contributed by atoms with E-state index < -0.39 is 12.1 Å². The molecule has 5 atom stereocenters. The standard InChI is InChI=1S/C48H77ClO6/c1-3-5-6-7-8-9-10-11-12-13-14-15-16-19-25-38-31-32-40(47(53)54)36-39(38)26-23-35-55-46(52)30-21-18-17-20-27-41-42(44(50)37-43(41)49)28-22-29-45(51)48(4-2)33-24-34-48/h17,20,22,28,31-32,36,41-45,50-51H,3-16,18-19,21,23-27,29-30,33-35,37H2,1-2H3,(H,53,54)/b20-17-,28-22+/t41?,42-,43-,44-,45+/m1/s1. The minimum Gasteiger partial charge on any atom is -0.478 e. The second-order valence-electron chi connectivity index (χ2n) is 16.9. The Labute approximate surface area is 339 Å². The van der Waals surface area contributed by atoms with Gasteiger partial charge in [-0.1, -0.05) is 134 Å². The van der Waals surface area contributed by atoms with Crippen LogP contribution in [0, 0.1) is 17.3 Å². The Morgan fingerprint density at radius 1 is 0.855 bits per heavy atom. The molecule has 312 valence electrons. The van der Waals surface area contributed by atoms with Gasteiger partial charge in [0.25, 0.3) is 0 Å². The smallest absolute Gasteiger partial charge is 0.335 e. The highest BCUT2D eigenvalue weighted by Crippen LogP contribution is 2.48. The van der Waals surface area contributed by atoms with Crippen molar-refractivity contribution in [1.82, 2.24) is 0 Å². The summed E-state index contributed by atoms with van der Waals surface area (Å²) < 4.78 is 5.54. The van der Waals surface area contributed by atoms with Crippen LogP contribution in [0.5, 0.6) is 0 Å². The van der Waals surface area contributed by atoms with E-state index in [1.807, 2.05) is 6.07 Å². The van der Waals surface area contributed by atoms with Crippen molar-refractivity contribution in [2.24, 2.45) is 17.3 Å². The topological polar surface area (TPSA) is 104 Å². The highest BCUT2D eigenvalue weighted by atomic mass is 35.5. The molecule has 3 N–H and O–H groups in total. The lowest BCUT2D eigenvalue weighted by atomic mass is 9.63. The van der Waals surface area contributed by atoms with Crippen LogP contribution in [0.3, 0.4) is 0 Å². The first kappa shape index (κ1) is 47.2. The molecule has 1 unspecified atom stereocenters. The van der Waals surface area contributed by atoms with Crippen LogP contribution >= 0.6 is 11.6 Å². The van der Waals surface area contributed by atoms with E-state index in [0.29, 0.717) is 50.7 Å². The monoisotopic (exact) mass is 785 g/mol. The van der Waals surface area contributed by atoms with Gasteiger partial charge in [-0.25, -0.2) is 4.79 Å². The number of aliphatic hydroxyl groups is 2. The normalized spacial score (nSPS) is 21.3. The third kappa shape index (κ3) is 17.5. The average Bonchev–Trinajstić information content (AvgIpc) is 3.42. The summed E-state index contributed by atoms with van der Waals surface area (Å²) in [5.41, 5.74) is 2.66. The predicted octanol–water partition coefficient (Wildman–Crippen LogP) is 12.5. The molecule has 0 aliphatic heterocycles. The van der Waals surface area contributed by atoms with E-state index in [0.717, 1.165) is 50.5 Å². The lowest BCUT2D eigenvalue weighted by Crippen LogP contribution is -2.40. The molecule has 0 spiro atoms. The first-order valence-corrected chi connectivity index (χ1v) is 23.0. The molecule has 2 aliphatic carbocycles. The number of benzene rings is 1. The molecule has 2 fully saturated rings. The fourth-order valence-electron chi connectivity index (χ4n) is 8.83. The predicted molar refractivity (Wildman–Crippen MR) is 228 cm³/mol. The number of aliphatic hydroxyl groups excluding tert-OH is 2. The zero-order valence-electron chi connectivity index (χ0n) is 34.7. The largest absolute Gasteiger partial charge is 0.478 e. The van der Waals surface area contributed by atoms with Crippen LogP contribution in [-0.2, 0) is 22.4 Å². The van der Waals surface area contributed by atoms with Crippen LogP contribution in [-0.4, -0.2) is 51.5 Å². The Kier molecular flexibility index (Phi) is 23.6. The lowest BCUT2D eigenvalue weighted by molar-refractivity contribution is -0.143. The van der Waals surface area contributed by atoms with Crippen molar-refractivity contribution in [3.63, 3.8) is 0 Å². The summed E-state index contributed by atoms with van der Waals surface area (Å²) >= 11 is 6.65. The maximum absolute atomic E-state index is 12.4. The van der Waals surface area contributed by atoms with Crippen LogP contribution in [0.25, 0.3) is 0 Å². The van der Waals surface area contributed by atoms with Gasteiger partial charge in [0, 0.05) is 17.7 Å². The third-order valence-electron chi connectivity index (χ3n) is 12.8. The van der Waals surface area contributed by atoms with Gasteiger partial charge in [0.2, 0.25) is 0 Å². The number of aryl methyl sites for hydroxylation is 2. The van der Waals surface area contributed by atoms with Crippen molar-refractivity contribution in [2.75, 3.05) is 6.61 Å². The number of carbonyl (C=O) groups is 2. The number of hydrogen-bond donors (Lipinski definition) is 3. The second-order valence-corrected chi connectivity index (χ2v) is 17.4. The van der Waals surface area contributed by atoms with E-state index in [4.69, 9.17) is 16.3 Å². The molecule has 1 aromatic rings. The lowest BCUT2D eigenvalue weighted by Gasteiger charge is -2.45. The number of carboxylic acids is 1. The Morgan fingerprint density at radius 2 is 1.49 bits per heavy atom. The number of hydrogen-bond acceptors (Lipinski definition) is 5. The van der Waals surface area contributed by atoms with Gasteiger partial charge in [0.15, 0.2) is 0 Å². The van der Waals surface area contributed by atoms with Crippen molar-refractivity contribution < 1.29 is 29.6 Å². The fraction of sp³-hybridized carbons (Fsp3) is 0.750. The second kappa shape index (κ2) is 27.5. The van der Waals surface area contributed by atoms with Gasteiger partial charge in [-0.15, -0.1) is 11.6 Å². The van der Waals surface area contributed by atoms with E-state index in [-0.39, 0.29) is 34.7 Å². The average molecular weight is 786 g/mol. The summed E-state index contributed by atoms with van der Waals surface area (Å²) in [4.78, 5) is 24.1. The van der Waals surface area contributed by atoms with Crippen molar-refractivity contribution >= 4 is 23.5 Å². The zero-order valence-corrected chi connectivity index (χ0v) is 35.4. The fourth-order valence-corrected chi connectivity index (χ4v) is 9.29. The molecule has 7 heteroatoms. The summed E-state index contributed by atoms with van der Waals surface area (Å²) in [6, 6.07) is 5.49. The maximum atomic E-state index is 12.4. The van der Waals surface area contributed by atoms with E-state index >= 15 is 0 Å². The highest BCUT2D eigenvalue weighted by Gasteiger charge is 2.42.